The predicted octanol–water partition coefficient (Wildman–Crippen LogP) is 4.02. The van der Waals surface area contributed by atoms with Crippen LogP contribution in [0.15, 0.2) is 24.3 Å². The van der Waals surface area contributed by atoms with E-state index in [9.17, 15) is 0 Å². The second-order valence-corrected chi connectivity index (χ2v) is 9.34. The van der Waals surface area contributed by atoms with Crippen molar-refractivity contribution in [2.45, 2.75) is 64.6 Å². The summed E-state index contributed by atoms with van der Waals surface area (Å²) in [6.07, 6.45) is 6.59. The zero-order valence-corrected chi connectivity index (χ0v) is 18.4. The second-order valence-electron chi connectivity index (χ2n) is 8.91. The minimum atomic E-state index is 0.0696. The van der Waals surface area contributed by atoms with Crippen molar-refractivity contribution < 1.29 is 0 Å². The monoisotopic (exact) mass is 416 g/mol. The second kappa shape index (κ2) is 9.54. The number of tetrazole rings is 1. The van der Waals surface area contributed by atoms with Gasteiger partial charge in [0.15, 0.2) is 5.82 Å². The Hall–Kier alpha value is -1.50. The summed E-state index contributed by atoms with van der Waals surface area (Å²) < 4.78 is 2.00. The van der Waals surface area contributed by atoms with Crippen molar-refractivity contribution >= 4 is 11.6 Å². The molecule has 0 radical (unpaired) electrons. The summed E-state index contributed by atoms with van der Waals surface area (Å²) in [6.45, 7) is 9.67. The summed E-state index contributed by atoms with van der Waals surface area (Å²) in [5.74, 6) is 1.57. The Labute approximate surface area is 179 Å². The fourth-order valence-corrected chi connectivity index (χ4v) is 4.87. The molecule has 2 aromatic rings. The van der Waals surface area contributed by atoms with Crippen LogP contribution in [0.25, 0.3) is 0 Å². The van der Waals surface area contributed by atoms with Gasteiger partial charge in [0.05, 0.1) is 6.04 Å². The molecule has 2 heterocycles. The minimum Gasteiger partial charge on any atom is -0.298 e. The van der Waals surface area contributed by atoms with E-state index in [4.69, 9.17) is 11.6 Å². The SMILES string of the molecule is CC(C)CCn1nnnc1[C@@H](c1ccc(Cl)cc1)N1CCN(C2CCCC2)CC1. The maximum Gasteiger partial charge on any atom is 0.173 e. The number of rotatable bonds is 7. The van der Waals surface area contributed by atoms with Gasteiger partial charge < -0.3 is 0 Å². The summed E-state index contributed by atoms with van der Waals surface area (Å²) in [5, 5.41) is 13.6. The molecule has 1 atom stereocenters. The third kappa shape index (κ3) is 4.98. The highest BCUT2D eigenvalue weighted by atomic mass is 35.5. The van der Waals surface area contributed by atoms with Crippen LogP contribution in [-0.4, -0.2) is 62.2 Å². The van der Waals surface area contributed by atoms with E-state index in [2.05, 4.69) is 51.3 Å². The van der Waals surface area contributed by atoms with Crippen molar-refractivity contribution in [3.63, 3.8) is 0 Å². The van der Waals surface area contributed by atoms with E-state index in [1.54, 1.807) is 0 Å². The molecule has 1 saturated heterocycles. The number of hydrogen-bond donors (Lipinski definition) is 0. The van der Waals surface area contributed by atoms with Crippen molar-refractivity contribution in [3.05, 3.63) is 40.7 Å². The maximum atomic E-state index is 6.17. The Morgan fingerprint density at radius 3 is 2.38 bits per heavy atom. The zero-order valence-electron chi connectivity index (χ0n) is 17.7. The molecule has 1 aromatic heterocycles. The molecule has 2 fully saturated rings. The number of halogens is 1. The van der Waals surface area contributed by atoms with Crippen LogP contribution >= 0.6 is 11.6 Å². The van der Waals surface area contributed by atoms with Crippen molar-refractivity contribution in [1.29, 1.82) is 0 Å². The van der Waals surface area contributed by atoms with Crippen LogP contribution < -0.4 is 0 Å². The topological polar surface area (TPSA) is 50.1 Å². The van der Waals surface area contributed by atoms with Crippen LogP contribution in [0.5, 0.6) is 0 Å². The summed E-state index contributed by atoms with van der Waals surface area (Å²) >= 11 is 6.17. The highest BCUT2D eigenvalue weighted by Gasteiger charge is 2.33. The maximum absolute atomic E-state index is 6.17. The lowest BCUT2D eigenvalue weighted by Gasteiger charge is -2.41. The molecular weight excluding hydrogens is 384 g/mol. The number of piperazine rings is 1. The molecule has 158 valence electrons. The lowest BCUT2D eigenvalue weighted by Crippen LogP contribution is -2.51. The minimum absolute atomic E-state index is 0.0696. The van der Waals surface area contributed by atoms with Crippen molar-refractivity contribution in [3.8, 4) is 0 Å². The van der Waals surface area contributed by atoms with Crippen LogP contribution in [0, 0.1) is 5.92 Å². The van der Waals surface area contributed by atoms with E-state index in [0.29, 0.717) is 5.92 Å². The van der Waals surface area contributed by atoms with E-state index in [1.807, 2.05) is 16.8 Å². The Morgan fingerprint density at radius 1 is 1.03 bits per heavy atom. The smallest absolute Gasteiger partial charge is 0.173 e. The van der Waals surface area contributed by atoms with Gasteiger partial charge in [0.25, 0.3) is 0 Å². The molecule has 1 saturated carbocycles. The summed E-state index contributed by atoms with van der Waals surface area (Å²) in [6, 6.07) is 9.06. The van der Waals surface area contributed by atoms with Gasteiger partial charge in [-0.05, 0) is 53.3 Å². The van der Waals surface area contributed by atoms with E-state index >= 15 is 0 Å². The molecule has 2 aliphatic rings. The van der Waals surface area contributed by atoms with Gasteiger partial charge in [-0.2, -0.15) is 0 Å². The molecule has 0 spiro atoms. The van der Waals surface area contributed by atoms with Gasteiger partial charge in [0.1, 0.15) is 0 Å². The first-order valence-electron chi connectivity index (χ1n) is 11.1. The number of benzene rings is 1. The van der Waals surface area contributed by atoms with Crippen LogP contribution in [0.1, 0.15) is 63.4 Å². The highest BCUT2D eigenvalue weighted by Crippen LogP contribution is 2.31. The van der Waals surface area contributed by atoms with Crippen LogP contribution in [0.2, 0.25) is 5.02 Å². The van der Waals surface area contributed by atoms with Gasteiger partial charge in [-0.3, -0.25) is 9.80 Å². The highest BCUT2D eigenvalue weighted by molar-refractivity contribution is 6.30. The first-order chi connectivity index (χ1) is 14.1. The van der Waals surface area contributed by atoms with Gasteiger partial charge in [0.2, 0.25) is 0 Å². The van der Waals surface area contributed by atoms with E-state index in [0.717, 1.165) is 56.0 Å². The molecule has 1 aliphatic heterocycles. The lowest BCUT2D eigenvalue weighted by atomic mass is 10.0. The fraction of sp³-hybridized carbons (Fsp3) is 0.682. The molecule has 29 heavy (non-hydrogen) atoms. The Balaban J connectivity index is 1.55. The van der Waals surface area contributed by atoms with Gasteiger partial charge >= 0.3 is 0 Å². The van der Waals surface area contributed by atoms with Crippen molar-refractivity contribution in [1.82, 2.24) is 30.0 Å². The van der Waals surface area contributed by atoms with Crippen molar-refractivity contribution in [2.24, 2.45) is 5.92 Å². The molecular formula is C22H33ClN6. The van der Waals surface area contributed by atoms with Gasteiger partial charge in [-0.25, -0.2) is 4.68 Å². The van der Waals surface area contributed by atoms with Crippen LogP contribution in [0.4, 0.5) is 0 Å². The number of aromatic nitrogens is 4. The van der Waals surface area contributed by atoms with E-state index in [1.165, 1.54) is 31.2 Å². The third-order valence-electron chi connectivity index (χ3n) is 6.46. The van der Waals surface area contributed by atoms with Crippen molar-refractivity contribution in [2.75, 3.05) is 26.2 Å². The van der Waals surface area contributed by atoms with Gasteiger partial charge in [-0.1, -0.05) is 50.4 Å². The third-order valence-corrected chi connectivity index (χ3v) is 6.72. The standard InChI is InChI=1S/C22H33ClN6/c1-17(2)11-12-29-22(24-25-26-29)21(18-7-9-19(23)10-8-18)28-15-13-27(14-16-28)20-5-3-4-6-20/h7-10,17,20-21H,3-6,11-16H2,1-2H3/t21-/m1/s1. The average molecular weight is 417 g/mol. The molecule has 1 aliphatic carbocycles. The van der Waals surface area contributed by atoms with Crippen LogP contribution in [-0.2, 0) is 6.54 Å². The zero-order chi connectivity index (χ0) is 20.2. The largest absolute Gasteiger partial charge is 0.298 e. The Bertz CT molecular complexity index is 760. The molecule has 4 rings (SSSR count). The summed E-state index contributed by atoms with van der Waals surface area (Å²) in [4.78, 5) is 5.25. The first-order valence-corrected chi connectivity index (χ1v) is 11.5. The van der Waals surface area contributed by atoms with E-state index < -0.39 is 0 Å². The number of nitrogens with zero attached hydrogens (tertiary/aromatic N) is 6. The molecule has 0 N–H and O–H groups in total. The molecule has 6 nitrogen and oxygen atoms in total. The molecule has 0 amide bonds. The quantitative estimate of drug-likeness (QED) is 0.682. The fourth-order valence-electron chi connectivity index (χ4n) is 4.75. The van der Waals surface area contributed by atoms with E-state index in [-0.39, 0.29) is 6.04 Å². The summed E-state index contributed by atoms with van der Waals surface area (Å²) in [7, 11) is 0. The van der Waals surface area contributed by atoms with Crippen LogP contribution in [0.3, 0.4) is 0 Å². The average Bonchev–Trinajstić information content (AvgIpc) is 3.41. The van der Waals surface area contributed by atoms with Gasteiger partial charge in [-0.15, -0.1) is 5.10 Å². The summed E-state index contributed by atoms with van der Waals surface area (Å²) in [5.41, 5.74) is 1.21. The number of aryl methyl sites for hydroxylation is 1. The normalized spacial score (nSPS) is 20.6. The molecule has 0 unspecified atom stereocenters. The molecule has 7 heteroatoms. The number of hydrogen-bond acceptors (Lipinski definition) is 5. The van der Waals surface area contributed by atoms with Gasteiger partial charge in [0, 0.05) is 43.8 Å². The Kier molecular flexibility index (Phi) is 6.83. The molecule has 0 bridgehead atoms. The lowest BCUT2D eigenvalue weighted by molar-refractivity contribution is 0.0769. The molecule has 1 aromatic carbocycles. The predicted molar refractivity (Wildman–Crippen MR) is 116 cm³/mol. The Morgan fingerprint density at radius 2 is 1.72 bits per heavy atom. The first kappa shape index (κ1) is 20.8.